The second-order valence-electron chi connectivity index (χ2n) is 2.28. The van der Waals surface area contributed by atoms with E-state index in [1.807, 2.05) is 0 Å². The fourth-order valence-electron chi connectivity index (χ4n) is 0.761. The van der Waals surface area contributed by atoms with Gasteiger partial charge in [0.05, 0.1) is 12.6 Å². The first-order valence-corrected chi connectivity index (χ1v) is 3.64. The highest BCUT2D eigenvalue weighted by atomic mass is 16.5. The number of nitrogens with one attached hydrogen (secondary N) is 1. The predicted molar refractivity (Wildman–Crippen MR) is 46.3 cm³/mol. The average Bonchev–Trinajstić information content (AvgIpc) is 2.05. The molecule has 0 radical (unpaired) electrons. The van der Waals surface area contributed by atoms with E-state index < -0.39 is 0 Å². The topological polar surface area (TPSA) is 106 Å². The van der Waals surface area contributed by atoms with Crippen LogP contribution >= 0.6 is 0 Å². The van der Waals surface area contributed by atoms with E-state index >= 15 is 0 Å². The third-order valence-corrected chi connectivity index (χ3v) is 1.29. The predicted octanol–water partition coefficient (Wildman–Crippen LogP) is -1.84. The second-order valence-corrected chi connectivity index (χ2v) is 2.28. The highest BCUT2D eigenvalue weighted by Gasteiger charge is 2.05. The number of aliphatic hydroxyl groups excluding tert-OH is 1. The van der Waals surface area contributed by atoms with Crippen molar-refractivity contribution in [1.29, 1.82) is 0 Å². The van der Waals surface area contributed by atoms with Crippen LogP contribution in [0.15, 0.2) is 4.99 Å². The number of aliphatic imine (C=N–C) groups is 1. The Morgan fingerprint density at radius 2 is 2.42 bits per heavy atom. The monoisotopic (exact) mass is 176 g/mol. The van der Waals surface area contributed by atoms with Crippen molar-refractivity contribution in [1.82, 2.24) is 5.43 Å². The maximum Gasteiger partial charge on any atom is 0.203 e. The maximum absolute atomic E-state index is 8.63. The number of nitrogens with two attached hydrogens (primary N) is 2. The zero-order valence-corrected chi connectivity index (χ0v) is 7.16. The largest absolute Gasteiger partial charge is 0.396 e. The Morgan fingerprint density at radius 1 is 1.75 bits per heavy atom. The molecule has 0 bridgehead atoms. The normalized spacial score (nSPS) is 14.4. The maximum atomic E-state index is 8.63. The van der Waals surface area contributed by atoms with Crippen LogP contribution in [0.2, 0.25) is 0 Å². The Kier molecular flexibility index (Phi) is 6.35. The van der Waals surface area contributed by atoms with Crippen LogP contribution in [0.3, 0.4) is 0 Å². The van der Waals surface area contributed by atoms with Crippen LogP contribution in [-0.4, -0.2) is 37.4 Å². The third-order valence-electron chi connectivity index (χ3n) is 1.29. The fraction of sp³-hybridized carbons (Fsp3) is 0.833. The van der Waals surface area contributed by atoms with Crippen molar-refractivity contribution >= 4 is 5.96 Å². The molecule has 6 heteroatoms. The molecule has 0 aliphatic heterocycles. The van der Waals surface area contributed by atoms with Gasteiger partial charge < -0.3 is 15.6 Å². The van der Waals surface area contributed by atoms with E-state index in [4.69, 9.17) is 21.4 Å². The minimum Gasteiger partial charge on any atom is -0.396 e. The molecule has 6 N–H and O–H groups in total. The van der Waals surface area contributed by atoms with Crippen molar-refractivity contribution in [2.45, 2.75) is 12.5 Å². The highest BCUT2D eigenvalue weighted by Crippen LogP contribution is 1.96. The van der Waals surface area contributed by atoms with Crippen LogP contribution in [0.25, 0.3) is 0 Å². The van der Waals surface area contributed by atoms with E-state index in [-0.39, 0.29) is 18.6 Å². The Morgan fingerprint density at radius 3 is 2.83 bits per heavy atom. The van der Waals surface area contributed by atoms with Crippen LogP contribution in [0.1, 0.15) is 6.42 Å². The number of nitrogens with zero attached hydrogens (tertiary/aromatic N) is 1. The lowest BCUT2D eigenvalue weighted by Gasteiger charge is -2.10. The first-order chi connectivity index (χ1) is 5.74. The standard InChI is InChI=1S/C6H16N4O2/c1-12-4-5(2-3-11)9-6(7)10-8/h5,11H,2-4,8H2,1H3,(H3,7,9,10). The van der Waals surface area contributed by atoms with Gasteiger partial charge in [0.1, 0.15) is 0 Å². The Balaban J connectivity index is 3.92. The molecular formula is C6H16N4O2. The van der Waals surface area contributed by atoms with E-state index in [0.717, 1.165) is 0 Å². The first kappa shape index (κ1) is 11.2. The van der Waals surface area contributed by atoms with Crippen molar-refractivity contribution in [3.05, 3.63) is 0 Å². The van der Waals surface area contributed by atoms with Gasteiger partial charge in [-0.2, -0.15) is 0 Å². The van der Waals surface area contributed by atoms with Gasteiger partial charge in [0.2, 0.25) is 5.96 Å². The van der Waals surface area contributed by atoms with Gasteiger partial charge in [-0.1, -0.05) is 0 Å². The summed E-state index contributed by atoms with van der Waals surface area (Å²) in [5.74, 6) is 5.15. The van der Waals surface area contributed by atoms with Crippen molar-refractivity contribution in [2.75, 3.05) is 20.3 Å². The molecule has 0 heterocycles. The fourth-order valence-corrected chi connectivity index (χ4v) is 0.761. The molecule has 6 nitrogen and oxygen atoms in total. The molecule has 12 heavy (non-hydrogen) atoms. The lowest BCUT2D eigenvalue weighted by atomic mass is 10.2. The Bertz CT molecular complexity index is 134. The van der Waals surface area contributed by atoms with Crippen molar-refractivity contribution in [2.24, 2.45) is 16.6 Å². The number of rotatable bonds is 5. The molecule has 1 unspecified atom stereocenters. The number of hydrogen-bond donors (Lipinski definition) is 4. The second kappa shape index (κ2) is 6.84. The van der Waals surface area contributed by atoms with E-state index in [1.54, 1.807) is 7.11 Å². The molecule has 0 spiro atoms. The van der Waals surface area contributed by atoms with Crippen molar-refractivity contribution < 1.29 is 9.84 Å². The molecule has 0 amide bonds. The van der Waals surface area contributed by atoms with Gasteiger partial charge in [0.25, 0.3) is 0 Å². The summed E-state index contributed by atoms with van der Waals surface area (Å²) in [6.07, 6.45) is 0.510. The molecule has 0 fully saturated rings. The SMILES string of the molecule is COCC(CCO)N=C(N)NN. The first-order valence-electron chi connectivity index (χ1n) is 3.64. The Labute approximate surface area is 71.6 Å². The molecule has 0 aliphatic rings. The molecule has 0 saturated carbocycles. The van der Waals surface area contributed by atoms with Gasteiger partial charge in [-0.3, -0.25) is 5.43 Å². The van der Waals surface area contributed by atoms with E-state index in [0.29, 0.717) is 13.0 Å². The number of methoxy groups -OCH3 is 1. The summed E-state index contributed by atoms with van der Waals surface area (Å²) in [5.41, 5.74) is 7.51. The van der Waals surface area contributed by atoms with Crippen LogP contribution in [0.4, 0.5) is 0 Å². The lowest BCUT2D eigenvalue weighted by Crippen LogP contribution is -2.38. The van der Waals surface area contributed by atoms with Crippen molar-refractivity contribution in [3.63, 3.8) is 0 Å². The van der Waals surface area contributed by atoms with Crippen LogP contribution in [0, 0.1) is 0 Å². The van der Waals surface area contributed by atoms with E-state index in [9.17, 15) is 0 Å². The summed E-state index contributed by atoms with van der Waals surface area (Å²) in [6, 6.07) is -0.143. The number of hydrazine groups is 1. The molecule has 1 atom stereocenters. The molecule has 0 saturated heterocycles. The Hall–Kier alpha value is -0.850. The highest BCUT2D eigenvalue weighted by molar-refractivity contribution is 5.77. The smallest absolute Gasteiger partial charge is 0.203 e. The molecular weight excluding hydrogens is 160 g/mol. The molecule has 72 valence electrons. The summed E-state index contributed by atoms with van der Waals surface area (Å²) in [5, 5.41) is 8.63. The minimum atomic E-state index is -0.143. The van der Waals surface area contributed by atoms with Gasteiger partial charge in [-0.05, 0) is 6.42 Å². The summed E-state index contributed by atoms with van der Waals surface area (Å²) >= 11 is 0. The summed E-state index contributed by atoms with van der Waals surface area (Å²) < 4.78 is 4.86. The number of hydrogen-bond acceptors (Lipinski definition) is 4. The van der Waals surface area contributed by atoms with Crippen molar-refractivity contribution in [3.8, 4) is 0 Å². The number of ether oxygens (including phenoxy) is 1. The number of guanidine groups is 1. The van der Waals surface area contributed by atoms with Crippen LogP contribution < -0.4 is 17.0 Å². The molecule has 0 aromatic rings. The van der Waals surface area contributed by atoms with Crippen LogP contribution in [-0.2, 0) is 4.74 Å². The van der Waals surface area contributed by atoms with Crippen LogP contribution in [0.5, 0.6) is 0 Å². The summed E-state index contributed by atoms with van der Waals surface area (Å²) in [4.78, 5) is 3.95. The molecule has 0 aliphatic carbocycles. The summed E-state index contributed by atoms with van der Waals surface area (Å²) in [7, 11) is 1.56. The number of aliphatic hydroxyl groups is 1. The molecule has 0 aromatic carbocycles. The third kappa shape index (κ3) is 4.89. The van der Waals surface area contributed by atoms with Gasteiger partial charge in [0.15, 0.2) is 0 Å². The molecule has 0 aromatic heterocycles. The zero-order chi connectivity index (χ0) is 9.40. The lowest BCUT2D eigenvalue weighted by molar-refractivity contribution is 0.164. The van der Waals surface area contributed by atoms with Gasteiger partial charge in [-0.15, -0.1) is 0 Å². The summed E-state index contributed by atoms with van der Waals surface area (Å²) in [6.45, 7) is 0.471. The van der Waals surface area contributed by atoms with Gasteiger partial charge in [-0.25, -0.2) is 10.8 Å². The zero-order valence-electron chi connectivity index (χ0n) is 7.16. The van der Waals surface area contributed by atoms with E-state index in [1.165, 1.54) is 0 Å². The van der Waals surface area contributed by atoms with Gasteiger partial charge >= 0.3 is 0 Å². The molecule has 0 rings (SSSR count). The quantitative estimate of drug-likeness (QED) is 0.170. The minimum absolute atomic E-state index is 0.0510. The van der Waals surface area contributed by atoms with E-state index in [2.05, 4.69) is 10.4 Å². The average molecular weight is 176 g/mol. The van der Waals surface area contributed by atoms with Gasteiger partial charge in [0, 0.05) is 13.7 Å².